The highest BCUT2D eigenvalue weighted by Crippen LogP contribution is 2.32. The summed E-state index contributed by atoms with van der Waals surface area (Å²) in [5.41, 5.74) is 0.305. The normalized spacial score (nSPS) is 13.6. The van der Waals surface area contributed by atoms with Crippen LogP contribution in [-0.2, 0) is 0 Å². The predicted molar refractivity (Wildman–Crippen MR) is 99.4 cm³/mol. The second kappa shape index (κ2) is 13.9. The van der Waals surface area contributed by atoms with Crippen LogP contribution >= 0.6 is 11.6 Å². The Balaban J connectivity index is 3.23. The number of halogens is 1. The van der Waals surface area contributed by atoms with E-state index >= 15 is 0 Å². The standard InChI is InChI=1S/C20H41Cl/c1-5-7-8-9-10-11-12-13-14-15-16-17-18-19(21)20(3,4)6-2/h19H,5-18H2,1-4H3. The second-order valence-corrected chi connectivity index (χ2v) is 8.01. The summed E-state index contributed by atoms with van der Waals surface area (Å²) in [5, 5.41) is 0.352. The van der Waals surface area contributed by atoms with Gasteiger partial charge in [0.1, 0.15) is 0 Å². The minimum atomic E-state index is 0.305. The van der Waals surface area contributed by atoms with Gasteiger partial charge < -0.3 is 0 Å². The minimum absolute atomic E-state index is 0.305. The van der Waals surface area contributed by atoms with Crippen molar-refractivity contribution in [1.29, 1.82) is 0 Å². The van der Waals surface area contributed by atoms with Crippen molar-refractivity contribution in [1.82, 2.24) is 0 Å². The van der Waals surface area contributed by atoms with Crippen LogP contribution in [0.5, 0.6) is 0 Å². The summed E-state index contributed by atoms with van der Waals surface area (Å²) in [7, 11) is 0. The van der Waals surface area contributed by atoms with Crippen molar-refractivity contribution in [2.24, 2.45) is 5.41 Å². The Morgan fingerprint density at radius 3 is 1.43 bits per heavy atom. The Bertz CT molecular complexity index is 210. The summed E-state index contributed by atoms with van der Waals surface area (Å²) in [5.74, 6) is 0. The van der Waals surface area contributed by atoms with Crippen LogP contribution in [0.4, 0.5) is 0 Å². The van der Waals surface area contributed by atoms with Gasteiger partial charge in [0.05, 0.1) is 0 Å². The van der Waals surface area contributed by atoms with Gasteiger partial charge in [-0.2, -0.15) is 0 Å². The van der Waals surface area contributed by atoms with Crippen molar-refractivity contribution in [2.45, 2.75) is 123 Å². The number of hydrogen-bond acceptors (Lipinski definition) is 0. The predicted octanol–water partition coefficient (Wildman–Crippen LogP) is 8.12. The van der Waals surface area contributed by atoms with Crippen LogP contribution in [0.2, 0.25) is 0 Å². The molecule has 0 aromatic carbocycles. The first kappa shape index (κ1) is 21.3. The summed E-state index contributed by atoms with van der Waals surface area (Å²) in [6.45, 7) is 9.13. The maximum atomic E-state index is 6.51. The Labute approximate surface area is 140 Å². The van der Waals surface area contributed by atoms with E-state index in [1.807, 2.05) is 0 Å². The highest BCUT2D eigenvalue weighted by Gasteiger charge is 2.24. The molecule has 0 saturated carbocycles. The molecule has 0 N–H and O–H groups in total. The third-order valence-electron chi connectivity index (χ3n) is 5.07. The number of rotatable bonds is 15. The van der Waals surface area contributed by atoms with Crippen molar-refractivity contribution < 1.29 is 0 Å². The number of alkyl halides is 1. The summed E-state index contributed by atoms with van der Waals surface area (Å²) >= 11 is 6.51. The molecular weight excluding hydrogens is 276 g/mol. The largest absolute Gasteiger partial charge is 0.122 e. The van der Waals surface area contributed by atoms with Crippen molar-refractivity contribution in [2.75, 3.05) is 0 Å². The summed E-state index contributed by atoms with van der Waals surface area (Å²) in [4.78, 5) is 0. The molecule has 0 aliphatic rings. The molecule has 0 rings (SSSR count). The van der Waals surface area contributed by atoms with Crippen molar-refractivity contribution in [3.8, 4) is 0 Å². The van der Waals surface area contributed by atoms with E-state index in [4.69, 9.17) is 11.6 Å². The van der Waals surface area contributed by atoms with Crippen LogP contribution in [0, 0.1) is 5.41 Å². The van der Waals surface area contributed by atoms with Gasteiger partial charge in [-0.1, -0.05) is 105 Å². The van der Waals surface area contributed by atoms with Gasteiger partial charge in [-0.3, -0.25) is 0 Å². The lowest BCUT2D eigenvalue weighted by molar-refractivity contribution is 0.314. The molecule has 128 valence electrons. The fraction of sp³-hybridized carbons (Fsp3) is 1.00. The van der Waals surface area contributed by atoms with Crippen molar-refractivity contribution in [3.63, 3.8) is 0 Å². The lowest BCUT2D eigenvalue weighted by atomic mass is 9.84. The van der Waals surface area contributed by atoms with Gasteiger partial charge >= 0.3 is 0 Å². The Morgan fingerprint density at radius 2 is 1.05 bits per heavy atom. The molecule has 0 bridgehead atoms. The van der Waals surface area contributed by atoms with E-state index in [-0.39, 0.29) is 0 Å². The molecule has 0 aromatic heterocycles. The zero-order valence-corrected chi connectivity index (χ0v) is 16.1. The number of hydrogen-bond donors (Lipinski definition) is 0. The van der Waals surface area contributed by atoms with E-state index in [1.165, 1.54) is 89.9 Å². The Kier molecular flexibility index (Phi) is 14.1. The van der Waals surface area contributed by atoms with Crippen molar-refractivity contribution >= 4 is 11.6 Å². The molecule has 1 heteroatoms. The van der Waals surface area contributed by atoms with E-state index < -0.39 is 0 Å². The molecule has 0 aromatic rings. The molecule has 0 aliphatic heterocycles. The highest BCUT2D eigenvalue weighted by molar-refractivity contribution is 6.21. The number of unbranched alkanes of at least 4 members (excludes halogenated alkanes) is 11. The average Bonchev–Trinajstić information content (AvgIpc) is 2.48. The Morgan fingerprint density at radius 1 is 0.667 bits per heavy atom. The van der Waals surface area contributed by atoms with Crippen LogP contribution in [0.25, 0.3) is 0 Å². The Hall–Kier alpha value is 0.290. The first-order valence-electron chi connectivity index (χ1n) is 9.68. The van der Waals surface area contributed by atoms with Gasteiger partial charge in [0.15, 0.2) is 0 Å². The van der Waals surface area contributed by atoms with Gasteiger partial charge in [0.25, 0.3) is 0 Å². The molecule has 0 amide bonds. The van der Waals surface area contributed by atoms with Crippen LogP contribution in [0.15, 0.2) is 0 Å². The molecule has 0 heterocycles. The molecule has 0 fully saturated rings. The van der Waals surface area contributed by atoms with Crippen LogP contribution in [0.3, 0.4) is 0 Å². The maximum Gasteiger partial charge on any atom is 0.0387 e. The van der Waals surface area contributed by atoms with Gasteiger partial charge in [-0.15, -0.1) is 11.6 Å². The molecule has 0 nitrogen and oxygen atoms in total. The smallest absolute Gasteiger partial charge is 0.0387 e. The minimum Gasteiger partial charge on any atom is -0.122 e. The maximum absolute atomic E-state index is 6.51. The van der Waals surface area contributed by atoms with Gasteiger partial charge in [-0.05, 0) is 18.3 Å². The fourth-order valence-electron chi connectivity index (χ4n) is 2.78. The van der Waals surface area contributed by atoms with E-state index in [9.17, 15) is 0 Å². The molecule has 0 saturated heterocycles. The monoisotopic (exact) mass is 316 g/mol. The lowest BCUT2D eigenvalue weighted by Crippen LogP contribution is -2.23. The third kappa shape index (κ3) is 12.5. The molecule has 21 heavy (non-hydrogen) atoms. The second-order valence-electron chi connectivity index (χ2n) is 7.49. The summed E-state index contributed by atoms with van der Waals surface area (Å²) < 4.78 is 0. The van der Waals surface area contributed by atoms with Crippen molar-refractivity contribution in [3.05, 3.63) is 0 Å². The quantitative estimate of drug-likeness (QED) is 0.211. The zero-order chi connectivity index (χ0) is 16.0. The molecule has 1 atom stereocenters. The van der Waals surface area contributed by atoms with E-state index in [1.54, 1.807) is 0 Å². The van der Waals surface area contributed by atoms with Gasteiger partial charge in [0.2, 0.25) is 0 Å². The summed E-state index contributed by atoms with van der Waals surface area (Å²) in [6.07, 6.45) is 19.4. The van der Waals surface area contributed by atoms with E-state index in [2.05, 4.69) is 27.7 Å². The fourth-order valence-corrected chi connectivity index (χ4v) is 3.09. The van der Waals surface area contributed by atoms with Gasteiger partial charge in [0, 0.05) is 5.38 Å². The van der Waals surface area contributed by atoms with Crippen LogP contribution < -0.4 is 0 Å². The SMILES string of the molecule is CCCCCCCCCCCCCCC(Cl)C(C)(C)CC. The highest BCUT2D eigenvalue weighted by atomic mass is 35.5. The van der Waals surface area contributed by atoms with E-state index in [0.717, 1.165) is 0 Å². The van der Waals surface area contributed by atoms with Crippen LogP contribution in [-0.4, -0.2) is 5.38 Å². The molecular formula is C20H41Cl. The summed E-state index contributed by atoms with van der Waals surface area (Å²) in [6, 6.07) is 0. The van der Waals surface area contributed by atoms with Crippen LogP contribution in [0.1, 0.15) is 118 Å². The molecule has 1 unspecified atom stereocenters. The molecule has 0 spiro atoms. The lowest BCUT2D eigenvalue weighted by Gasteiger charge is -2.28. The third-order valence-corrected chi connectivity index (χ3v) is 5.88. The topological polar surface area (TPSA) is 0 Å². The first-order chi connectivity index (χ1) is 10.0. The van der Waals surface area contributed by atoms with E-state index in [0.29, 0.717) is 10.8 Å². The first-order valence-corrected chi connectivity index (χ1v) is 10.1. The zero-order valence-electron chi connectivity index (χ0n) is 15.4. The molecule has 0 radical (unpaired) electrons. The average molecular weight is 317 g/mol. The van der Waals surface area contributed by atoms with Gasteiger partial charge in [-0.25, -0.2) is 0 Å². The molecule has 0 aliphatic carbocycles.